The highest BCUT2D eigenvalue weighted by atomic mass is 15.2. The van der Waals surface area contributed by atoms with Crippen molar-refractivity contribution >= 4 is 11.5 Å². The van der Waals surface area contributed by atoms with Crippen LogP contribution in [0.15, 0.2) is 12.1 Å². The Labute approximate surface area is 76.6 Å². The maximum absolute atomic E-state index is 8.70. The number of aromatic nitrogens is 1. The number of hydrogen-bond acceptors (Lipinski definition) is 4. The van der Waals surface area contributed by atoms with Gasteiger partial charge in [0.1, 0.15) is 11.9 Å². The van der Waals surface area contributed by atoms with Gasteiger partial charge in [-0.05, 0) is 18.6 Å². The van der Waals surface area contributed by atoms with E-state index in [1.807, 2.05) is 12.1 Å². The van der Waals surface area contributed by atoms with Gasteiger partial charge >= 0.3 is 0 Å². The standard InChI is InChI=1S/C9H10N4/c10-6-8-7(11)2-3-9(12-8)13-4-1-5-13/h2-3H,1,4-5,11H2. The van der Waals surface area contributed by atoms with Crippen LogP contribution in [-0.2, 0) is 0 Å². The van der Waals surface area contributed by atoms with Crippen LogP contribution in [0.5, 0.6) is 0 Å². The number of hydrogen-bond donors (Lipinski definition) is 1. The van der Waals surface area contributed by atoms with E-state index in [4.69, 9.17) is 11.0 Å². The van der Waals surface area contributed by atoms with E-state index in [1.165, 1.54) is 6.42 Å². The molecule has 1 fully saturated rings. The molecule has 0 unspecified atom stereocenters. The van der Waals surface area contributed by atoms with E-state index in [-0.39, 0.29) is 0 Å². The molecule has 0 amide bonds. The molecule has 2 N–H and O–H groups in total. The first kappa shape index (κ1) is 7.87. The molecular weight excluding hydrogens is 164 g/mol. The van der Waals surface area contributed by atoms with Crippen LogP contribution in [0.4, 0.5) is 11.5 Å². The van der Waals surface area contributed by atoms with Crippen molar-refractivity contribution in [3.05, 3.63) is 17.8 Å². The number of rotatable bonds is 1. The summed E-state index contributed by atoms with van der Waals surface area (Å²) >= 11 is 0. The van der Waals surface area contributed by atoms with Gasteiger partial charge in [-0.2, -0.15) is 5.26 Å². The van der Waals surface area contributed by atoms with Crippen molar-refractivity contribution in [3.63, 3.8) is 0 Å². The van der Waals surface area contributed by atoms with Gasteiger partial charge in [-0.1, -0.05) is 0 Å². The van der Waals surface area contributed by atoms with Crippen molar-refractivity contribution in [2.24, 2.45) is 0 Å². The topological polar surface area (TPSA) is 65.9 Å². The highest BCUT2D eigenvalue weighted by Crippen LogP contribution is 2.20. The smallest absolute Gasteiger partial charge is 0.165 e. The van der Waals surface area contributed by atoms with Gasteiger partial charge in [-0.15, -0.1) is 0 Å². The van der Waals surface area contributed by atoms with E-state index in [0.29, 0.717) is 11.4 Å². The molecule has 0 saturated carbocycles. The van der Waals surface area contributed by atoms with E-state index in [9.17, 15) is 0 Å². The second-order valence-corrected chi connectivity index (χ2v) is 3.06. The second-order valence-electron chi connectivity index (χ2n) is 3.06. The number of nitrogen functional groups attached to an aromatic ring is 1. The summed E-state index contributed by atoms with van der Waals surface area (Å²) < 4.78 is 0. The summed E-state index contributed by atoms with van der Waals surface area (Å²) in [6.45, 7) is 2.06. The molecular formula is C9H10N4. The predicted octanol–water partition coefficient (Wildman–Crippen LogP) is 0.746. The van der Waals surface area contributed by atoms with Crippen LogP contribution in [0.3, 0.4) is 0 Å². The Hall–Kier alpha value is -1.76. The first-order chi connectivity index (χ1) is 6.31. The molecule has 66 valence electrons. The lowest BCUT2D eigenvalue weighted by molar-refractivity contribution is 0.609. The summed E-state index contributed by atoms with van der Waals surface area (Å²) in [7, 11) is 0. The molecule has 13 heavy (non-hydrogen) atoms. The van der Waals surface area contributed by atoms with Crippen LogP contribution in [0, 0.1) is 11.3 Å². The first-order valence-corrected chi connectivity index (χ1v) is 4.23. The van der Waals surface area contributed by atoms with Gasteiger partial charge in [0.05, 0.1) is 5.69 Å². The molecule has 2 heterocycles. The Bertz CT molecular complexity index is 362. The molecule has 1 aromatic rings. The summed E-state index contributed by atoms with van der Waals surface area (Å²) in [5, 5.41) is 8.70. The lowest BCUT2D eigenvalue weighted by Gasteiger charge is -2.32. The third kappa shape index (κ3) is 1.29. The van der Waals surface area contributed by atoms with Crippen LogP contribution in [0.2, 0.25) is 0 Å². The maximum atomic E-state index is 8.70. The number of pyridine rings is 1. The fourth-order valence-electron chi connectivity index (χ4n) is 1.27. The van der Waals surface area contributed by atoms with E-state index >= 15 is 0 Å². The zero-order valence-corrected chi connectivity index (χ0v) is 7.20. The van der Waals surface area contributed by atoms with E-state index in [0.717, 1.165) is 18.9 Å². The van der Waals surface area contributed by atoms with Crippen LogP contribution in [0.25, 0.3) is 0 Å². The first-order valence-electron chi connectivity index (χ1n) is 4.23. The third-order valence-electron chi connectivity index (χ3n) is 2.20. The fraction of sp³-hybridized carbons (Fsp3) is 0.333. The number of nitriles is 1. The Morgan fingerprint density at radius 1 is 1.46 bits per heavy atom. The van der Waals surface area contributed by atoms with Crippen LogP contribution in [0.1, 0.15) is 12.1 Å². The van der Waals surface area contributed by atoms with Crippen LogP contribution >= 0.6 is 0 Å². The highest BCUT2D eigenvalue weighted by molar-refractivity contribution is 5.55. The van der Waals surface area contributed by atoms with Crippen molar-refractivity contribution in [1.82, 2.24) is 4.98 Å². The minimum atomic E-state index is 0.324. The molecule has 1 aromatic heterocycles. The Kier molecular flexibility index (Phi) is 1.78. The third-order valence-corrected chi connectivity index (χ3v) is 2.20. The van der Waals surface area contributed by atoms with Crippen molar-refractivity contribution in [3.8, 4) is 6.07 Å². The maximum Gasteiger partial charge on any atom is 0.165 e. The molecule has 1 aliphatic heterocycles. The van der Waals surface area contributed by atoms with Crippen molar-refractivity contribution < 1.29 is 0 Å². The van der Waals surface area contributed by atoms with Gasteiger partial charge in [-0.3, -0.25) is 0 Å². The molecule has 0 aliphatic carbocycles. The fourth-order valence-corrected chi connectivity index (χ4v) is 1.27. The lowest BCUT2D eigenvalue weighted by atomic mass is 10.2. The summed E-state index contributed by atoms with van der Waals surface area (Å²) in [5.74, 6) is 0.858. The quantitative estimate of drug-likeness (QED) is 0.682. The Morgan fingerprint density at radius 3 is 2.77 bits per heavy atom. The molecule has 0 atom stereocenters. The van der Waals surface area contributed by atoms with Gasteiger partial charge in [0.15, 0.2) is 5.69 Å². The average molecular weight is 174 g/mol. The molecule has 0 spiro atoms. The van der Waals surface area contributed by atoms with Gasteiger partial charge < -0.3 is 10.6 Å². The Morgan fingerprint density at radius 2 is 2.23 bits per heavy atom. The molecule has 4 heteroatoms. The summed E-state index contributed by atoms with van der Waals surface area (Å²) in [6.07, 6.45) is 1.20. The molecule has 0 bridgehead atoms. The number of nitrogens with zero attached hydrogens (tertiary/aromatic N) is 3. The van der Waals surface area contributed by atoms with E-state index in [2.05, 4.69) is 9.88 Å². The number of nitrogens with two attached hydrogens (primary N) is 1. The normalized spacial score (nSPS) is 14.8. The van der Waals surface area contributed by atoms with Gasteiger partial charge in [0, 0.05) is 13.1 Å². The molecule has 0 aromatic carbocycles. The monoisotopic (exact) mass is 174 g/mol. The average Bonchev–Trinajstić information content (AvgIpc) is 2.05. The Balaban J connectivity index is 2.33. The van der Waals surface area contributed by atoms with Gasteiger partial charge in [0.2, 0.25) is 0 Å². The minimum absolute atomic E-state index is 0.324. The summed E-state index contributed by atoms with van der Waals surface area (Å²) in [5.41, 5.74) is 6.33. The molecule has 1 aliphatic rings. The lowest BCUT2D eigenvalue weighted by Crippen LogP contribution is -2.37. The van der Waals surface area contributed by atoms with E-state index < -0.39 is 0 Å². The largest absolute Gasteiger partial charge is 0.396 e. The molecule has 1 saturated heterocycles. The van der Waals surface area contributed by atoms with Crippen molar-refractivity contribution in [1.29, 1.82) is 5.26 Å². The SMILES string of the molecule is N#Cc1nc(N2CCC2)ccc1N. The van der Waals surface area contributed by atoms with Crippen molar-refractivity contribution in [2.45, 2.75) is 6.42 Å². The van der Waals surface area contributed by atoms with Crippen molar-refractivity contribution in [2.75, 3.05) is 23.7 Å². The second kappa shape index (κ2) is 2.94. The van der Waals surface area contributed by atoms with Gasteiger partial charge in [-0.25, -0.2) is 4.98 Å². The predicted molar refractivity (Wildman–Crippen MR) is 50.2 cm³/mol. The molecule has 0 radical (unpaired) electrons. The zero-order chi connectivity index (χ0) is 9.26. The van der Waals surface area contributed by atoms with Crippen LogP contribution in [-0.4, -0.2) is 18.1 Å². The zero-order valence-electron chi connectivity index (χ0n) is 7.20. The minimum Gasteiger partial charge on any atom is -0.396 e. The van der Waals surface area contributed by atoms with Gasteiger partial charge in [0.25, 0.3) is 0 Å². The summed E-state index contributed by atoms with van der Waals surface area (Å²) in [6, 6.07) is 5.57. The molecule has 2 rings (SSSR count). The summed E-state index contributed by atoms with van der Waals surface area (Å²) in [4.78, 5) is 6.28. The van der Waals surface area contributed by atoms with Crippen LogP contribution < -0.4 is 10.6 Å². The number of anilines is 2. The van der Waals surface area contributed by atoms with E-state index in [1.54, 1.807) is 6.07 Å². The molecule has 4 nitrogen and oxygen atoms in total. The highest BCUT2D eigenvalue weighted by Gasteiger charge is 2.16.